The number of aromatic nitrogens is 1. The highest BCUT2D eigenvalue weighted by molar-refractivity contribution is 7.99. The summed E-state index contributed by atoms with van der Waals surface area (Å²) in [7, 11) is 1.54. The summed E-state index contributed by atoms with van der Waals surface area (Å²) in [5.41, 5.74) is 0.686. The van der Waals surface area contributed by atoms with Gasteiger partial charge >= 0.3 is 5.95 Å². The minimum absolute atomic E-state index is 0.00749. The van der Waals surface area contributed by atoms with Crippen LogP contribution in [0.5, 0.6) is 5.95 Å². The van der Waals surface area contributed by atoms with E-state index in [0.717, 1.165) is 11.4 Å². The van der Waals surface area contributed by atoms with E-state index < -0.39 is 0 Å². The van der Waals surface area contributed by atoms with Gasteiger partial charge in [-0.15, -0.1) is 0 Å². The molecule has 3 saturated heterocycles. The van der Waals surface area contributed by atoms with Crippen LogP contribution in [0.2, 0.25) is 0 Å². The van der Waals surface area contributed by atoms with Gasteiger partial charge in [0.1, 0.15) is 6.20 Å². The molecule has 3 aliphatic rings. The molecule has 132 valence electrons. The number of nitrogens with zero attached hydrogens (tertiary/aromatic N) is 2. The first-order valence-electron chi connectivity index (χ1n) is 8.52. The van der Waals surface area contributed by atoms with Crippen molar-refractivity contribution in [2.45, 2.75) is 29.0 Å². The number of hydrogen-bond donors (Lipinski definition) is 1. The molecule has 1 aromatic carbocycles. The van der Waals surface area contributed by atoms with Gasteiger partial charge in [-0.3, -0.25) is 4.79 Å². The molecule has 1 amide bonds. The highest BCUT2D eigenvalue weighted by Crippen LogP contribution is 2.30. The van der Waals surface area contributed by atoms with Gasteiger partial charge in [0.05, 0.1) is 7.11 Å². The summed E-state index contributed by atoms with van der Waals surface area (Å²) in [6.45, 7) is 3.33. The van der Waals surface area contributed by atoms with Crippen molar-refractivity contribution < 1.29 is 13.9 Å². The Bertz CT molecular complexity index is 738. The molecular weight excluding hydrogens is 338 g/mol. The zero-order chi connectivity index (χ0) is 17.2. The van der Waals surface area contributed by atoms with Crippen LogP contribution in [0.3, 0.4) is 0 Å². The second-order valence-corrected chi connectivity index (χ2v) is 7.52. The van der Waals surface area contributed by atoms with Crippen LogP contribution in [0.1, 0.15) is 23.2 Å². The number of oxazole rings is 1. The summed E-state index contributed by atoms with van der Waals surface area (Å²) < 4.78 is 10.4. The lowest BCUT2D eigenvalue weighted by Crippen LogP contribution is -2.57. The second kappa shape index (κ2) is 7.09. The van der Waals surface area contributed by atoms with E-state index in [2.05, 4.69) is 15.2 Å². The number of nitrogens with one attached hydrogen (secondary N) is 1. The molecule has 2 aromatic rings. The predicted octanol–water partition coefficient (Wildman–Crippen LogP) is 2.66. The molecule has 7 heteroatoms. The topological polar surface area (TPSA) is 67.6 Å². The summed E-state index contributed by atoms with van der Waals surface area (Å²) in [5.74, 6) is 1.02. The van der Waals surface area contributed by atoms with Crippen molar-refractivity contribution in [1.82, 2.24) is 15.2 Å². The second-order valence-electron chi connectivity index (χ2n) is 6.49. The molecule has 1 aromatic heterocycles. The van der Waals surface area contributed by atoms with Crippen LogP contribution in [-0.4, -0.2) is 48.6 Å². The van der Waals surface area contributed by atoms with Crippen LogP contribution < -0.4 is 10.1 Å². The Hall–Kier alpha value is -1.99. The minimum Gasteiger partial charge on any atom is -0.467 e. The molecular formula is C18H21N3O3S. The highest BCUT2D eigenvalue weighted by atomic mass is 32.2. The standard InChI is InChI=1S/C18H21N3O3S/c1-23-16-10-19-18(24-16)25-14-4-2-13(3-5-14)17(22)20-15-11-21-8-6-12(15)7-9-21/h2-5,10,12,15H,6-9,11H2,1H3,(H,20,22). The third kappa shape index (κ3) is 3.67. The monoisotopic (exact) mass is 359 g/mol. The van der Waals surface area contributed by atoms with Crippen LogP contribution in [0.15, 0.2) is 45.0 Å². The number of fused-ring (bicyclic) bond motifs is 3. The number of methoxy groups -OCH3 is 1. The quantitative estimate of drug-likeness (QED) is 0.885. The third-order valence-electron chi connectivity index (χ3n) is 4.96. The Morgan fingerprint density at radius 2 is 2.08 bits per heavy atom. The fourth-order valence-electron chi connectivity index (χ4n) is 3.54. The van der Waals surface area contributed by atoms with Crippen LogP contribution in [-0.2, 0) is 0 Å². The first-order chi connectivity index (χ1) is 12.2. The summed E-state index contributed by atoms with van der Waals surface area (Å²) >= 11 is 1.39. The highest BCUT2D eigenvalue weighted by Gasteiger charge is 2.34. The molecule has 3 fully saturated rings. The Morgan fingerprint density at radius 3 is 2.68 bits per heavy atom. The van der Waals surface area contributed by atoms with Crippen LogP contribution in [0.4, 0.5) is 0 Å². The van der Waals surface area contributed by atoms with Gasteiger partial charge in [0, 0.05) is 23.0 Å². The molecule has 25 heavy (non-hydrogen) atoms. The summed E-state index contributed by atoms with van der Waals surface area (Å²) in [6, 6.07) is 7.79. The van der Waals surface area contributed by atoms with E-state index in [4.69, 9.17) is 9.15 Å². The van der Waals surface area contributed by atoms with Crippen molar-refractivity contribution in [3.8, 4) is 5.95 Å². The SMILES string of the molecule is COc1cnc(Sc2ccc(C(=O)NC3CN4CCC3CC4)cc2)o1. The Balaban J connectivity index is 1.37. The van der Waals surface area contributed by atoms with E-state index in [1.54, 1.807) is 0 Å². The molecule has 1 unspecified atom stereocenters. The van der Waals surface area contributed by atoms with Gasteiger partial charge in [0.15, 0.2) is 0 Å². The number of hydrogen-bond acceptors (Lipinski definition) is 6. The minimum atomic E-state index is 0.00749. The van der Waals surface area contributed by atoms with E-state index in [1.807, 2.05) is 24.3 Å². The fraction of sp³-hybridized carbons (Fsp3) is 0.444. The zero-order valence-corrected chi connectivity index (χ0v) is 14.9. The van der Waals surface area contributed by atoms with Crippen molar-refractivity contribution in [2.24, 2.45) is 5.92 Å². The first kappa shape index (κ1) is 16.5. The molecule has 0 radical (unpaired) electrons. The molecule has 0 saturated carbocycles. The molecule has 2 bridgehead atoms. The molecule has 0 spiro atoms. The fourth-order valence-corrected chi connectivity index (χ4v) is 4.24. The lowest BCUT2D eigenvalue weighted by Gasteiger charge is -2.44. The van der Waals surface area contributed by atoms with Gasteiger partial charge in [0.25, 0.3) is 11.1 Å². The number of ether oxygens (including phenoxy) is 1. The predicted molar refractivity (Wildman–Crippen MR) is 94.0 cm³/mol. The van der Waals surface area contributed by atoms with Crippen molar-refractivity contribution in [2.75, 3.05) is 26.7 Å². The van der Waals surface area contributed by atoms with Gasteiger partial charge in [-0.1, -0.05) is 0 Å². The molecule has 3 aliphatic heterocycles. The number of carbonyl (C=O) groups excluding carboxylic acids is 1. The van der Waals surface area contributed by atoms with E-state index in [0.29, 0.717) is 22.7 Å². The zero-order valence-electron chi connectivity index (χ0n) is 14.1. The maximum absolute atomic E-state index is 12.5. The van der Waals surface area contributed by atoms with E-state index in [1.165, 1.54) is 51.0 Å². The van der Waals surface area contributed by atoms with Crippen molar-refractivity contribution in [1.29, 1.82) is 0 Å². The van der Waals surface area contributed by atoms with Crippen molar-refractivity contribution >= 4 is 17.7 Å². The van der Waals surface area contributed by atoms with Crippen LogP contribution >= 0.6 is 11.8 Å². The maximum Gasteiger partial charge on any atom is 0.305 e. The number of carbonyl (C=O) groups is 1. The lowest BCUT2D eigenvalue weighted by molar-refractivity contribution is 0.0620. The Kier molecular flexibility index (Phi) is 4.67. The van der Waals surface area contributed by atoms with Gasteiger partial charge in [-0.25, -0.2) is 4.98 Å². The van der Waals surface area contributed by atoms with E-state index >= 15 is 0 Å². The van der Waals surface area contributed by atoms with Gasteiger partial charge in [-0.05, 0) is 67.9 Å². The molecule has 0 aliphatic carbocycles. The lowest BCUT2D eigenvalue weighted by atomic mass is 9.84. The normalized spacial score (nSPS) is 24.9. The molecule has 1 N–H and O–H groups in total. The largest absolute Gasteiger partial charge is 0.467 e. The van der Waals surface area contributed by atoms with Gasteiger partial charge < -0.3 is 19.4 Å². The molecule has 5 rings (SSSR count). The van der Waals surface area contributed by atoms with Crippen LogP contribution in [0, 0.1) is 5.92 Å². The molecule has 6 nitrogen and oxygen atoms in total. The number of benzene rings is 1. The molecule has 4 heterocycles. The van der Waals surface area contributed by atoms with Crippen molar-refractivity contribution in [3.05, 3.63) is 36.0 Å². The van der Waals surface area contributed by atoms with Gasteiger partial charge in [0.2, 0.25) is 0 Å². The summed E-state index contributed by atoms with van der Waals surface area (Å²) in [4.78, 5) is 20.0. The van der Waals surface area contributed by atoms with Gasteiger partial charge in [-0.2, -0.15) is 0 Å². The summed E-state index contributed by atoms with van der Waals surface area (Å²) in [5, 5.41) is 3.73. The molecule has 1 atom stereocenters. The van der Waals surface area contributed by atoms with Crippen molar-refractivity contribution in [3.63, 3.8) is 0 Å². The Labute approximate surface area is 150 Å². The Morgan fingerprint density at radius 1 is 1.32 bits per heavy atom. The smallest absolute Gasteiger partial charge is 0.305 e. The number of amides is 1. The van der Waals surface area contributed by atoms with E-state index in [9.17, 15) is 4.79 Å². The first-order valence-corrected chi connectivity index (χ1v) is 9.34. The average Bonchev–Trinajstić information content (AvgIpc) is 3.11. The number of piperidine rings is 3. The maximum atomic E-state index is 12.5. The third-order valence-corrected chi connectivity index (χ3v) is 5.83. The van der Waals surface area contributed by atoms with E-state index in [-0.39, 0.29) is 11.9 Å². The number of rotatable bonds is 5. The summed E-state index contributed by atoms with van der Waals surface area (Å²) in [6.07, 6.45) is 3.93. The average molecular weight is 359 g/mol. The van der Waals surface area contributed by atoms with Crippen LogP contribution in [0.25, 0.3) is 0 Å².